The first-order chi connectivity index (χ1) is 13.6. The zero-order valence-corrected chi connectivity index (χ0v) is 17.1. The summed E-state index contributed by atoms with van der Waals surface area (Å²) in [5.41, 5.74) is 0.739. The topological polar surface area (TPSA) is 59.1 Å². The van der Waals surface area contributed by atoms with Crippen LogP contribution in [0.25, 0.3) is 0 Å². The van der Waals surface area contributed by atoms with Crippen LogP contribution in [0.4, 0.5) is 0 Å². The van der Waals surface area contributed by atoms with Crippen molar-refractivity contribution in [3.05, 3.63) is 29.8 Å². The molecular weight excluding hydrogens is 356 g/mol. The Morgan fingerprint density at radius 3 is 2.32 bits per heavy atom. The van der Waals surface area contributed by atoms with Gasteiger partial charge < -0.3 is 19.3 Å². The third-order valence-corrected chi connectivity index (χ3v) is 5.89. The maximum Gasteiger partial charge on any atom is 0.305 e. The van der Waals surface area contributed by atoms with Gasteiger partial charge in [-0.05, 0) is 63.3 Å². The Morgan fingerprint density at radius 2 is 1.71 bits per heavy atom. The first-order valence-corrected chi connectivity index (χ1v) is 10.4. The van der Waals surface area contributed by atoms with E-state index in [4.69, 9.17) is 9.47 Å². The predicted molar refractivity (Wildman–Crippen MR) is 108 cm³/mol. The molecule has 6 nitrogen and oxygen atoms in total. The number of hydrogen-bond donors (Lipinski definition) is 0. The van der Waals surface area contributed by atoms with E-state index in [1.807, 2.05) is 29.2 Å². The molecule has 0 aromatic heterocycles. The van der Waals surface area contributed by atoms with Gasteiger partial charge in [0, 0.05) is 44.2 Å². The second kappa shape index (κ2) is 9.92. The lowest BCUT2D eigenvalue weighted by Crippen LogP contribution is -2.43. The average molecular weight is 389 g/mol. The molecule has 0 aliphatic carbocycles. The SMILES string of the molecule is COC(=O)CC[C@@H](C)N1CCC(Oc2ccc(C(=O)N3CCCC3)cc2)CC1. The molecule has 3 rings (SSSR count). The maximum atomic E-state index is 12.4. The van der Waals surface area contributed by atoms with E-state index in [0.29, 0.717) is 12.5 Å². The van der Waals surface area contributed by atoms with E-state index in [2.05, 4.69) is 11.8 Å². The number of amides is 1. The molecule has 0 N–H and O–H groups in total. The number of methoxy groups -OCH3 is 1. The fourth-order valence-corrected chi connectivity index (χ4v) is 4.02. The third-order valence-electron chi connectivity index (χ3n) is 5.89. The van der Waals surface area contributed by atoms with Gasteiger partial charge >= 0.3 is 5.97 Å². The first-order valence-electron chi connectivity index (χ1n) is 10.4. The van der Waals surface area contributed by atoms with Gasteiger partial charge in [-0.15, -0.1) is 0 Å². The molecule has 6 heteroatoms. The van der Waals surface area contributed by atoms with Gasteiger partial charge in [-0.25, -0.2) is 0 Å². The zero-order valence-electron chi connectivity index (χ0n) is 17.1. The molecule has 2 saturated heterocycles. The largest absolute Gasteiger partial charge is 0.490 e. The molecule has 0 radical (unpaired) electrons. The second-order valence-electron chi connectivity index (χ2n) is 7.84. The lowest BCUT2D eigenvalue weighted by atomic mass is 10.0. The van der Waals surface area contributed by atoms with Crippen LogP contribution in [0.5, 0.6) is 5.75 Å². The number of likely N-dealkylation sites (tertiary alicyclic amines) is 2. The molecule has 2 fully saturated rings. The van der Waals surface area contributed by atoms with E-state index >= 15 is 0 Å². The summed E-state index contributed by atoms with van der Waals surface area (Å²) in [6.07, 6.45) is 5.64. The van der Waals surface area contributed by atoms with Crippen molar-refractivity contribution in [2.24, 2.45) is 0 Å². The summed E-state index contributed by atoms with van der Waals surface area (Å²) in [5, 5.41) is 0. The second-order valence-corrected chi connectivity index (χ2v) is 7.84. The van der Waals surface area contributed by atoms with E-state index in [1.165, 1.54) is 7.11 Å². The van der Waals surface area contributed by atoms with Crippen LogP contribution in [-0.2, 0) is 9.53 Å². The normalized spacial score (nSPS) is 19.4. The van der Waals surface area contributed by atoms with Crippen LogP contribution in [-0.4, -0.2) is 67.1 Å². The molecule has 28 heavy (non-hydrogen) atoms. The number of piperidine rings is 1. The molecule has 1 aromatic rings. The summed E-state index contributed by atoms with van der Waals surface area (Å²) in [4.78, 5) is 28.1. The monoisotopic (exact) mass is 388 g/mol. The molecule has 2 heterocycles. The maximum absolute atomic E-state index is 12.4. The minimum absolute atomic E-state index is 0.123. The summed E-state index contributed by atoms with van der Waals surface area (Å²) in [6.45, 7) is 5.85. The summed E-state index contributed by atoms with van der Waals surface area (Å²) in [6, 6.07) is 7.94. The molecule has 2 aliphatic heterocycles. The minimum atomic E-state index is -0.142. The van der Waals surface area contributed by atoms with Crippen LogP contribution in [0.3, 0.4) is 0 Å². The highest BCUT2D eigenvalue weighted by Crippen LogP contribution is 2.22. The smallest absolute Gasteiger partial charge is 0.305 e. The van der Waals surface area contributed by atoms with Crippen LogP contribution in [0, 0.1) is 0 Å². The molecule has 1 aromatic carbocycles. The Kier molecular flexibility index (Phi) is 7.31. The number of benzene rings is 1. The highest BCUT2D eigenvalue weighted by atomic mass is 16.5. The number of rotatable bonds is 7. The minimum Gasteiger partial charge on any atom is -0.490 e. The van der Waals surface area contributed by atoms with Crippen LogP contribution < -0.4 is 4.74 Å². The van der Waals surface area contributed by atoms with Crippen molar-refractivity contribution >= 4 is 11.9 Å². The molecule has 154 valence electrons. The van der Waals surface area contributed by atoms with E-state index in [9.17, 15) is 9.59 Å². The molecule has 0 unspecified atom stereocenters. The lowest BCUT2D eigenvalue weighted by Gasteiger charge is -2.36. The number of carbonyl (C=O) groups is 2. The zero-order chi connectivity index (χ0) is 19.9. The van der Waals surface area contributed by atoms with Crippen molar-refractivity contribution in [3.8, 4) is 5.75 Å². The Hall–Kier alpha value is -2.08. The Bertz CT molecular complexity index is 647. The quantitative estimate of drug-likeness (QED) is 0.672. The van der Waals surface area contributed by atoms with Crippen LogP contribution >= 0.6 is 0 Å². The molecular formula is C22H32N2O4. The summed E-state index contributed by atoms with van der Waals surface area (Å²) in [5.74, 6) is 0.810. The Labute approximate surface area is 167 Å². The van der Waals surface area contributed by atoms with Crippen LogP contribution in [0.2, 0.25) is 0 Å². The molecule has 0 spiro atoms. The third kappa shape index (κ3) is 5.47. The summed E-state index contributed by atoms with van der Waals surface area (Å²) >= 11 is 0. The van der Waals surface area contributed by atoms with Gasteiger partial charge in [-0.2, -0.15) is 0 Å². The van der Waals surface area contributed by atoms with Crippen molar-refractivity contribution < 1.29 is 19.1 Å². The molecule has 1 amide bonds. The predicted octanol–water partition coefficient (Wildman–Crippen LogP) is 3.11. The van der Waals surface area contributed by atoms with E-state index in [0.717, 1.165) is 69.6 Å². The van der Waals surface area contributed by atoms with Gasteiger partial charge in [0.1, 0.15) is 11.9 Å². The number of esters is 1. The highest BCUT2D eigenvalue weighted by molar-refractivity contribution is 5.94. The standard InChI is InChI=1S/C22H32N2O4/c1-17(5-10-21(25)27-2)23-15-11-20(12-16-23)28-19-8-6-18(7-9-19)22(26)24-13-3-4-14-24/h6-9,17,20H,3-5,10-16H2,1-2H3/t17-/m1/s1. The van der Waals surface area contributed by atoms with Gasteiger partial charge in [-0.3, -0.25) is 9.59 Å². The molecule has 0 bridgehead atoms. The van der Waals surface area contributed by atoms with E-state index in [1.54, 1.807) is 0 Å². The van der Waals surface area contributed by atoms with Crippen LogP contribution in [0.15, 0.2) is 24.3 Å². The van der Waals surface area contributed by atoms with Gasteiger partial charge in [0.05, 0.1) is 7.11 Å². The summed E-state index contributed by atoms with van der Waals surface area (Å²) < 4.78 is 10.9. The highest BCUT2D eigenvalue weighted by Gasteiger charge is 2.24. The summed E-state index contributed by atoms with van der Waals surface area (Å²) in [7, 11) is 1.44. The number of nitrogens with zero attached hydrogens (tertiary/aromatic N) is 2. The Morgan fingerprint density at radius 1 is 1.07 bits per heavy atom. The van der Waals surface area contributed by atoms with E-state index < -0.39 is 0 Å². The number of hydrogen-bond acceptors (Lipinski definition) is 5. The van der Waals surface area contributed by atoms with Gasteiger partial charge in [0.15, 0.2) is 0 Å². The van der Waals surface area contributed by atoms with Crippen molar-refractivity contribution in [1.82, 2.24) is 9.80 Å². The fourth-order valence-electron chi connectivity index (χ4n) is 4.02. The van der Waals surface area contributed by atoms with Crippen molar-refractivity contribution in [3.63, 3.8) is 0 Å². The Balaban J connectivity index is 1.43. The fraction of sp³-hybridized carbons (Fsp3) is 0.636. The average Bonchev–Trinajstić information content (AvgIpc) is 3.27. The van der Waals surface area contributed by atoms with Crippen molar-refractivity contribution in [2.45, 2.75) is 57.6 Å². The van der Waals surface area contributed by atoms with Crippen molar-refractivity contribution in [1.29, 1.82) is 0 Å². The molecule has 2 aliphatic rings. The van der Waals surface area contributed by atoms with E-state index in [-0.39, 0.29) is 18.0 Å². The molecule has 1 atom stereocenters. The van der Waals surface area contributed by atoms with Crippen molar-refractivity contribution in [2.75, 3.05) is 33.3 Å². The first kappa shape index (κ1) is 20.6. The number of carbonyl (C=O) groups excluding carboxylic acids is 2. The van der Waals surface area contributed by atoms with Crippen LogP contribution in [0.1, 0.15) is 55.8 Å². The van der Waals surface area contributed by atoms with Gasteiger partial charge in [-0.1, -0.05) is 0 Å². The number of ether oxygens (including phenoxy) is 2. The molecule has 0 saturated carbocycles. The lowest BCUT2D eigenvalue weighted by molar-refractivity contribution is -0.141. The van der Waals surface area contributed by atoms with Gasteiger partial charge in [0.2, 0.25) is 0 Å². The van der Waals surface area contributed by atoms with Gasteiger partial charge in [0.25, 0.3) is 5.91 Å².